The second-order valence-corrected chi connectivity index (χ2v) is 6.96. The van der Waals surface area contributed by atoms with Crippen LogP contribution in [0.5, 0.6) is 5.75 Å². The van der Waals surface area contributed by atoms with Gasteiger partial charge in [-0.25, -0.2) is 0 Å². The zero-order chi connectivity index (χ0) is 17.1. The summed E-state index contributed by atoms with van der Waals surface area (Å²) < 4.78 is 5.48. The molecular weight excluding hydrogens is 322 g/mol. The van der Waals surface area contributed by atoms with Crippen molar-refractivity contribution in [1.29, 1.82) is 0 Å². The maximum absolute atomic E-state index is 12.8. The number of benzene rings is 1. The third kappa shape index (κ3) is 3.36. The highest BCUT2D eigenvalue weighted by Gasteiger charge is 2.31. The summed E-state index contributed by atoms with van der Waals surface area (Å²) in [5.41, 5.74) is 1.13. The van der Waals surface area contributed by atoms with Gasteiger partial charge in [-0.15, -0.1) is 11.3 Å². The van der Waals surface area contributed by atoms with E-state index in [-0.39, 0.29) is 17.7 Å². The summed E-state index contributed by atoms with van der Waals surface area (Å²) in [5, 5.41) is 0. The Morgan fingerprint density at radius 2 is 1.88 bits per heavy atom. The maximum atomic E-state index is 12.8. The summed E-state index contributed by atoms with van der Waals surface area (Å²) in [4.78, 5) is 27.5. The van der Waals surface area contributed by atoms with Gasteiger partial charge in [-0.05, 0) is 56.5 Å². The number of thiophene rings is 1. The van der Waals surface area contributed by atoms with Gasteiger partial charge in [-0.3, -0.25) is 9.59 Å². The fourth-order valence-corrected chi connectivity index (χ4v) is 3.95. The van der Waals surface area contributed by atoms with Crippen LogP contribution in [0.4, 0.5) is 0 Å². The Bertz CT molecular complexity index is 735. The zero-order valence-corrected chi connectivity index (χ0v) is 14.8. The summed E-state index contributed by atoms with van der Waals surface area (Å²) in [6.07, 6.45) is 1.96. The van der Waals surface area contributed by atoms with Gasteiger partial charge in [0.1, 0.15) is 5.75 Å². The number of nitrogens with zero attached hydrogens (tertiary/aromatic N) is 1. The number of hydrogen-bond acceptors (Lipinski definition) is 4. The largest absolute Gasteiger partial charge is 0.494 e. The Kier molecular flexibility index (Phi) is 5.00. The Hall–Kier alpha value is -2.14. The lowest BCUT2D eigenvalue weighted by Crippen LogP contribution is -2.29. The van der Waals surface area contributed by atoms with Gasteiger partial charge in [0, 0.05) is 6.54 Å². The van der Waals surface area contributed by atoms with E-state index >= 15 is 0 Å². The summed E-state index contributed by atoms with van der Waals surface area (Å²) in [6.45, 7) is 4.88. The smallest absolute Gasteiger partial charge is 0.264 e. The van der Waals surface area contributed by atoms with Gasteiger partial charge in [-0.1, -0.05) is 12.1 Å². The van der Waals surface area contributed by atoms with Gasteiger partial charge >= 0.3 is 0 Å². The van der Waals surface area contributed by atoms with Crippen LogP contribution in [0.15, 0.2) is 36.4 Å². The first-order valence-electron chi connectivity index (χ1n) is 8.24. The molecule has 1 aliphatic rings. The van der Waals surface area contributed by atoms with Crippen LogP contribution in [-0.4, -0.2) is 29.7 Å². The molecule has 4 nitrogen and oxygen atoms in total. The van der Waals surface area contributed by atoms with E-state index in [0.29, 0.717) is 16.4 Å². The van der Waals surface area contributed by atoms with E-state index in [2.05, 4.69) is 0 Å². The lowest BCUT2D eigenvalue weighted by molar-refractivity contribution is 0.0740. The summed E-state index contributed by atoms with van der Waals surface area (Å²) >= 11 is 1.28. The Morgan fingerprint density at radius 1 is 1.17 bits per heavy atom. The van der Waals surface area contributed by atoms with Crippen molar-refractivity contribution in [2.45, 2.75) is 32.7 Å². The molecule has 2 aromatic rings. The maximum Gasteiger partial charge on any atom is 0.264 e. The molecule has 24 heavy (non-hydrogen) atoms. The fourth-order valence-electron chi connectivity index (χ4n) is 3.09. The van der Waals surface area contributed by atoms with E-state index in [1.165, 1.54) is 18.3 Å². The third-order valence-corrected chi connectivity index (χ3v) is 5.43. The molecule has 1 aromatic carbocycles. The van der Waals surface area contributed by atoms with Crippen LogP contribution < -0.4 is 4.74 Å². The molecule has 2 heterocycles. The van der Waals surface area contributed by atoms with Gasteiger partial charge < -0.3 is 9.64 Å². The molecule has 0 unspecified atom stereocenters. The van der Waals surface area contributed by atoms with Crippen LogP contribution in [0.2, 0.25) is 0 Å². The van der Waals surface area contributed by atoms with E-state index in [1.807, 2.05) is 36.1 Å². The van der Waals surface area contributed by atoms with E-state index in [1.54, 1.807) is 12.1 Å². The molecular formula is C19H21NO3S. The van der Waals surface area contributed by atoms with Crippen molar-refractivity contribution in [3.05, 3.63) is 51.7 Å². The van der Waals surface area contributed by atoms with E-state index in [4.69, 9.17) is 4.74 Å². The molecule has 0 saturated carbocycles. The third-order valence-electron chi connectivity index (χ3n) is 4.25. The fraction of sp³-hybridized carbons (Fsp3) is 0.368. The number of hydrogen-bond donors (Lipinski definition) is 0. The van der Waals surface area contributed by atoms with Crippen molar-refractivity contribution in [2.75, 3.05) is 13.2 Å². The van der Waals surface area contributed by atoms with Crippen LogP contribution >= 0.6 is 11.3 Å². The molecule has 1 amide bonds. The number of rotatable bonds is 5. The minimum Gasteiger partial charge on any atom is -0.494 e. The molecule has 126 valence electrons. The lowest BCUT2D eigenvalue weighted by Gasteiger charge is -2.24. The second kappa shape index (κ2) is 7.18. The summed E-state index contributed by atoms with van der Waals surface area (Å²) in [7, 11) is 0. The average molecular weight is 343 g/mol. The SMILES string of the molecule is CCOc1ccc([C@H]2CCCN2C(=O)c2ccc(C(C)=O)s2)cc1. The molecule has 5 heteroatoms. The molecule has 1 aliphatic heterocycles. The molecule has 1 fully saturated rings. The highest BCUT2D eigenvalue weighted by Crippen LogP contribution is 2.34. The first-order chi connectivity index (χ1) is 11.6. The number of likely N-dealkylation sites (tertiary alicyclic amines) is 1. The van der Waals surface area contributed by atoms with Crippen LogP contribution in [0.25, 0.3) is 0 Å². The van der Waals surface area contributed by atoms with Crippen molar-refractivity contribution in [3.8, 4) is 5.75 Å². The predicted octanol–water partition coefficient (Wildman–Crippen LogP) is 4.33. The summed E-state index contributed by atoms with van der Waals surface area (Å²) in [6, 6.07) is 11.6. The van der Waals surface area contributed by atoms with Gasteiger partial charge in [0.2, 0.25) is 0 Å². The van der Waals surface area contributed by atoms with Gasteiger partial charge in [0.15, 0.2) is 5.78 Å². The lowest BCUT2D eigenvalue weighted by atomic mass is 10.0. The highest BCUT2D eigenvalue weighted by atomic mass is 32.1. The average Bonchev–Trinajstić information content (AvgIpc) is 3.25. The molecule has 0 N–H and O–H groups in total. The van der Waals surface area contributed by atoms with Gasteiger partial charge in [-0.2, -0.15) is 0 Å². The zero-order valence-electron chi connectivity index (χ0n) is 14.0. The molecule has 1 aromatic heterocycles. The van der Waals surface area contributed by atoms with E-state index in [0.717, 1.165) is 30.7 Å². The molecule has 0 bridgehead atoms. The predicted molar refractivity (Wildman–Crippen MR) is 94.9 cm³/mol. The van der Waals surface area contributed by atoms with E-state index in [9.17, 15) is 9.59 Å². The van der Waals surface area contributed by atoms with Crippen LogP contribution in [0.1, 0.15) is 57.6 Å². The number of carbonyl (C=O) groups is 2. The quantitative estimate of drug-likeness (QED) is 0.759. The van der Waals surface area contributed by atoms with Crippen LogP contribution in [-0.2, 0) is 0 Å². The Balaban J connectivity index is 1.79. The van der Waals surface area contributed by atoms with Gasteiger partial charge in [0.05, 0.1) is 22.4 Å². The summed E-state index contributed by atoms with van der Waals surface area (Å²) in [5.74, 6) is 0.869. The molecule has 3 rings (SSSR count). The van der Waals surface area contributed by atoms with Crippen molar-refractivity contribution in [1.82, 2.24) is 4.90 Å². The Morgan fingerprint density at radius 3 is 2.50 bits per heavy atom. The minimum absolute atomic E-state index is 0.00327. The first kappa shape index (κ1) is 16.7. The van der Waals surface area contributed by atoms with Crippen molar-refractivity contribution in [2.24, 2.45) is 0 Å². The molecule has 0 aliphatic carbocycles. The van der Waals surface area contributed by atoms with Crippen molar-refractivity contribution < 1.29 is 14.3 Å². The monoisotopic (exact) mass is 343 g/mol. The van der Waals surface area contributed by atoms with Crippen LogP contribution in [0, 0.1) is 0 Å². The number of Topliss-reactive ketones (excluding diaryl/α,β-unsaturated/α-hetero) is 1. The first-order valence-corrected chi connectivity index (χ1v) is 9.06. The second-order valence-electron chi connectivity index (χ2n) is 5.88. The topological polar surface area (TPSA) is 46.6 Å². The van der Waals surface area contributed by atoms with Gasteiger partial charge in [0.25, 0.3) is 5.91 Å². The van der Waals surface area contributed by atoms with E-state index < -0.39 is 0 Å². The normalized spacial score (nSPS) is 17.1. The Labute approximate surface area is 146 Å². The molecule has 0 spiro atoms. The molecule has 1 saturated heterocycles. The number of ether oxygens (including phenoxy) is 1. The number of ketones is 1. The van der Waals surface area contributed by atoms with Crippen LogP contribution in [0.3, 0.4) is 0 Å². The number of carbonyl (C=O) groups excluding carboxylic acids is 2. The molecule has 0 radical (unpaired) electrons. The van der Waals surface area contributed by atoms with Crippen molar-refractivity contribution in [3.63, 3.8) is 0 Å². The highest BCUT2D eigenvalue weighted by molar-refractivity contribution is 7.15. The minimum atomic E-state index is 0.00327. The standard InChI is InChI=1S/C19H21NO3S/c1-3-23-15-8-6-14(7-9-15)16-5-4-12-20(16)19(22)18-11-10-17(24-18)13(2)21/h6-11,16H,3-5,12H2,1-2H3/t16-/m1/s1. The molecule has 1 atom stereocenters. The van der Waals surface area contributed by atoms with Crippen molar-refractivity contribution >= 4 is 23.0 Å². The number of amides is 1.